The Balaban J connectivity index is 2.51. The van der Waals surface area contributed by atoms with Gasteiger partial charge in [-0.25, -0.2) is 13.2 Å². The van der Waals surface area contributed by atoms with E-state index in [4.69, 9.17) is 0 Å². The normalized spacial score (nSPS) is 11.7. The second-order valence-corrected chi connectivity index (χ2v) is 5.82. The van der Waals surface area contributed by atoms with Crippen LogP contribution in [0.1, 0.15) is 45.7 Å². The van der Waals surface area contributed by atoms with Crippen LogP contribution in [0.25, 0.3) is 11.1 Å². The number of halogens is 3. The molecule has 2 rings (SSSR count). The van der Waals surface area contributed by atoms with Crippen molar-refractivity contribution >= 4 is 5.69 Å². The van der Waals surface area contributed by atoms with Crippen molar-refractivity contribution in [3.63, 3.8) is 0 Å². The Morgan fingerprint density at radius 1 is 1.14 bits per heavy atom. The van der Waals surface area contributed by atoms with Gasteiger partial charge >= 0.3 is 0 Å². The number of hydrogen-bond acceptors (Lipinski definition) is 2. The van der Waals surface area contributed by atoms with Gasteiger partial charge in [0.15, 0.2) is 0 Å². The Labute approximate surface area is 128 Å². The number of benzene rings is 1. The zero-order valence-electron chi connectivity index (χ0n) is 13.1. The van der Waals surface area contributed by atoms with Crippen LogP contribution < -0.4 is 5.32 Å². The van der Waals surface area contributed by atoms with E-state index >= 15 is 0 Å². The minimum absolute atomic E-state index is 0.0467. The van der Waals surface area contributed by atoms with Gasteiger partial charge in [0.1, 0.15) is 5.82 Å². The maximum atomic E-state index is 14.2. The van der Waals surface area contributed by atoms with Crippen LogP contribution in [0.3, 0.4) is 0 Å². The molecule has 0 bridgehead atoms. The third-order valence-corrected chi connectivity index (χ3v) is 3.26. The molecule has 22 heavy (non-hydrogen) atoms. The van der Waals surface area contributed by atoms with E-state index in [1.807, 2.05) is 27.7 Å². The van der Waals surface area contributed by atoms with Crippen molar-refractivity contribution in [3.8, 4) is 11.1 Å². The van der Waals surface area contributed by atoms with Crippen molar-refractivity contribution < 1.29 is 13.2 Å². The van der Waals surface area contributed by atoms with Crippen LogP contribution in [0.2, 0.25) is 0 Å². The standard InChI is InChI=1S/C16H20F3N3/c1-9(2)21-15-6-13(16(18)19)12(5-14(15)17)11-7-20-22(8-11)10(3)4/h5-10,16,21H,1-4H3. The fourth-order valence-electron chi connectivity index (χ4n) is 2.20. The van der Waals surface area contributed by atoms with Gasteiger partial charge in [-0.05, 0) is 45.4 Å². The minimum Gasteiger partial charge on any atom is -0.380 e. The number of nitrogens with one attached hydrogen (secondary N) is 1. The minimum atomic E-state index is -2.69. The first-order valence-corrected chi connectivity index (χ1v) is 7.22. The first kappa shape index (κ1) is 16.4. The molecule has 1 aromatic carbocycles. The summed E-state index contributed by atoms with van der Waals surface area (Å²) in [6, 6.07) is 2.39. The van der Waals surface area contributed by atoms with Crippen molar-refractivity contribution in [1.29, 1.82) is 0 Å². The largest absolute Gasteiger partial charge is 0.380 e. The highest BCUT2D eigenvalue weighted by Crippen LogP contribution is 2.35. The molecular weight excluding hydrogens is 291 g/mol. The maximum absolute atomic E-state index is 14.2. The molecule has 1 aromatic heterocycles. The molecule has 0 saturated carbocycles. The zero-order chi connectivity index (χ0) is 16.4. The predicted molar refractivity (Wildman–Crippen MR) is 81.7 cm³/mol. The van der Waals surface area contributed by atoms with Gasteiger partial charge in [-0.1, -0.05) is 0 Å². The van der Waals surface area contributed by atoms with Crippen LogP contribution in [0.5, 0.6) is 0 Å². The van der Waals surface area contributed by atoms with Crippen LogP contribution in [-0.4, -0.2) is 15.8 Å². The molecule has 0 aliphatic rings. The van der Waals surface area contributed by atoms with E-state index in [2.05, 4.69) is 10.4 Å². The van der Waals surface area contributed by atoms with E-state index in [0.29, 0.717) is 5.56 Å². The van der Waals surface area contributed by atoms with E-state index in [1.165, 1.54) is 12.3 Å². The first-order chi connectivity index (χ1) is 10.3. The quantitative estimate of drug-likeness (QED) is 0.839. The van der Waals surface area contributed by atoms with Crippen LogP contribution in [-0.2, 0) is 0 Å². The van der Waals surface area contributed by atoms with Gasteiger partial charge < -0.3 is 5.32 Å². The van der Waals surface area contributed by atoms with Gasteiger partial charge in [-0.15, -0.1) is 0 Å². The Morgan fingerprint density at radius 3 is 2.32 bits per heavy atom. The van der Waals surface area contributed by atoms with Crippen molar-refractivity contribution in [2.45, 2.75) is 46.2 Å². The monoisotopic (exact) mass is 311 g/mol. The summed E-state index contributed by atoms with van der Waals surface area (Å²) in [5.41, 5.74) is 0.547. The molecule has 0 spiro atoms. The fourth-order valence-corrected chi connectivity index (χ4v) is 2.20. The summed E-state index contributed by atoms with van der Waals surface area (Å²) in [5.74, 6) is -0.551. The Morgan fingerprint density at radius 2 is 1.82 bits per heavy atom. The van der Waals surface area contributed by atoms with Crippen LogP contribution in [0.4, 0.5) is 18.9 Å². The number of hydrogen-bond donors (Lipinski definition) is 1. The molecule has 3 nitrogen and oxygen atoms in total. The van der Waals surface area contributed by atoms with Gasteiger partial charge in [-0.3, -0.25) is 4.68 Å². The third kappa shape index (κ3) is 3.43. The van der Waals surface area contributed by atoms with E-state index in [0.717, 1.165) is 6.07 Å². The lowest BCUT2D eigenvalue weighted by atomic mass is 10.0. The number of nitrogens with zero attached hydrogens (tertiary/aromatic N) is 2. The molecule has 1 heterocycles. The lowest BCUT2D eigenvalue weighted by Gasteiger charge is -2.15. The van der Waals surface area contributed by atoms with Crippen molar-refractivity contribution in [1.82, 2.24) is 9.78 Å². The lowest BCUT2D eigenvalue weighted by Crippen LogP contribution is -2.11. The highest BCUT2D eigenvalue weighted by molar-refractivity contribution is 5.70. The predicted octanol–water partition coefficient (Wildman–Crippen LogP) is 5.03. The van der Waals surface area contributed by atoms with Crippen molar-refractivity contribution in [3.05, 3.63) is 35.9 Å². The van der Waals surface area contributed by atoms with Crippen LogP contribution in [0, 0.1) is 5.82 Å². The van der Waals surface area contributed by atoms with Crippen molar-refractivity contribution in [2.75, 3.05) is 5.32 Å². The highest BCUT2D eigenvalue weighted by Gasteiger charge is 2.19. The zero-order valence-corrected chi connectivity index (χ0v) is 13.1. The molecule has 0 unspecified atom stereocenters. The summed E-state index contributed by atoms with van der Waals surface area (Å²) in [6.45, 7) is 7.51. The summed E-state index contributed by atoms with van der Waals surface area (Å²) in [6.07, 6.45) is 0.447. The molecule has 2 aromatic rings. The Kier molecular flexibility index (Phi) is 4.78. The number of aromatic nitrogens is 2. The molecule has 0 fully saturated rings. The summed E-state index contributed by atoms with van der Waals surface area (Å²) in [5, 5.41) is 6.97. The van der Waals surface area contributed by atoms with E-state index < -0.39 is 12.2 Å². The van der Waals surface area contributed by atoms with Crippen molar-refractivity contribution in [2.24, 2.45) is 0 Å². The SMILES string of the molecule is CC(C)Nc1cc(C(F)F)c(-c2cnn(C(C)C)c2)cc1F. The molecule has 0 atom stereocenters. The van der Waals surface area contributed by atoms with Crippen LogP contribution in [0.15, 0.2) is 24.5 Å². The van der Waals surface area contributed by atoms with Gasteiger partial charge in [-0.2, -0.15) is 5.10 Å². The summed E-state index contributed by atoms with van der Waals surface area (Å²) < 4.78 is 42.5. The average molecular weight is 311 g/mol. The number of alkyl halides is 2. The second-order valence-electron chi connectivity index (χ2n) is 5.82. The molecule has 120 valence electrons. The number of anilines is 1. The number of rotatable bonds is 5. The average Bonchev–Trinajstić information content (AvgIpc) is 2.89. The van der Waals surface area contributed by atoms with Gasteiger partial charge in [0.25, 0.3) is 6.43 Å². The first-order valence-electron chi connectivity index (χ1n) is 7.22. The highest BCUT2D eigenvalue weighted by atomic mass is 19.3. The van der Waals surface area contributed by atoms with Crippen LogP contribution >= 0.6 is 0 Å². The molecule has 0 aliphatic carbocycles. The van der Waals surface area contributed by atoms with Gasteiger partial charge in [0.2, 0.25) is 0 Å². The Bertz CT molecular complexity index is 648. The summed E-state index contributed by atoms with van der Waals surface area (Å²) >= 11 is 0. The fraction of sp³-hybridized carbons (Fsp3) is 0.438. The smallest absolute Gasteiger partial charge is 0.264 e. The molecule has 6 heteroatoms. The second kappa shape index (κ2) is 6.42. The summed E-state index contributed by atoms with van der Waals surface area (Å²) in [7, 11) is 0. The van der Waals surface area contributed by atoms with Gasteiger partial charge in [0, 0.05) is 29.4 Å². The molecule has 0 amide bonds. The topological polar surface area (TPSA) is 29.9 Å². The third-order valence-electron chi connectivity index (χ3n) is 3.26. The molecule has 1 N–H and O–H groups in total. The molecule has 0 radical (unpaired) electrons. The summed E-state index contributed by atoms with van der Waals surface area (Å²) in [4.78, 5) is 0. The molecular formula is C16H20F3N3. The van der Waals surface area contributed by atoms with E-state index in [-0.39, 0.29) is 28.9 Å². The van der Waals surface area contributed by atoms with Gasteiger partial charge in [0.05, 0.1) is 11.9 Å². The maximum Gasteiger partial charge on any atom is 0.264 e. The Hall–Kier alpha value is -1.98. The molecule has 0 aliphatic heterocycles. The van der Waals surface area contributed by atoms with E-state index in [9.17, 15) is 13.2 Å². The molecule has 0 saturated heterocycles. The lowest BCUT2D eigenvalue weighted by molar-refractivity contribution is 0.152. The van der Waals surface area contributed by atoms with E-state index in [1.54, 1.807) is 10.9 Å².